The molecule has 0 atom stereocenters. The fourth-order valence-corrected chi connectivity index (χ4v) is 4.11. The highest BCUT2D eigenvalue weighted by Crippen LogP contribution is 2.31. The number of benzene rings is 1. The number of amides is 2. The number of nitrogens with zero attached hydrogens (tertiary/aromatic N) is 1. The van der Waals surface area contributed by atoms with Crippen molar-refractivity contribution in [1.82, 2.24) is 10.3 Å². The fraction of sp³-hybridized carbons (Fsp3) is 0.381. The normalized spacial score (nSPS) is 17.3. The smallest absolute Gasteiger partial charge is 0.256 e. The maximum atomic E-state index is 13.2. The lowest BCUT2D eigenvalue weighted by Crippen LogP contribution is -2.60. The molecule has 1 fully saturated rings. The molecular formula is C21H23N3O5S. The Kier molecular flexibility index (Phi) is 4.82. The van der Waals surface area contributed by atoms with Crippen LogP contribution in [-0.4, -0.2) is 35.6 Å². The first kappa shape index (κ1) is 17.9. The summed E-state index contributed by atoms with van der Waals surface area (Å²) in [5, 5.41) is 3.96. The van der Waals surface area contributed by atoms with Crippen molar-refractivity contribution >= 4 is 34.1 Å². The first-order valence-corrected chi connectivity index (χ1v) is 10.3. The summed E-state index contributed by atoms with van der Waals surface area (Å²) in [7, 11) is 0. The summed E-state index contributed by atoms with van der Waals surface area (Å²) in [5.74, 6) is -0.529. The van der Waals surface area contributed by atoms with E-state index in [9.17, 15) is 9.59 Å². The van der Waals surface area contributed by atoms with Crippen molar-refractivity contribution in [2.24, 2.45) is 5.73 Å². The minimum atomic E-state index is -2.10. The molecule has 4 rings (SSSR count). The summed E-state index contributed by atoms with van der Waals surface area (Å²) < 4.78 is 33.1. The number of carbonyl (C=O) groups excluding carboxylic acids is 2. The second-order valence-corrected chi connectivity index (χ2v) is 8.39. The number of furan rings is 1. The van der Waals surface area contributed by atoms with Crippen LogP contribution in [0.15, 0.2) is 28.8 Å². The zero-order chi connectivity index (χ0) is 23.1. The monoisotopic (exact) mass is 431 g/mol. The molecule has 1 aromatic carbocycles. The average Bonchev–Trinajstić information content (AvgIpc) is 3.31. The predicted octanol–water partition coefficient (Wildman–Crippen LogP) is 2.85. The number of ether oxygens (including phenoxy) is 2. The van der Waals surface area contributed by atoms with Gasteiger partial charge >= 0.3 is 0 Å². The number of nitrogens with one attached hydrogen (secondary N) is 1. The van der Waals surface area contributed by atoms with Crippen molar-refractivity contribution < 1.29 is 26.2 Å². The van der Waals surface area contributed by atoms with Crippen LogP contribution in [0.25, 0.3) is 11.0 Å². The second kappa shape index (κ2) is 8.08. The lowest BCUT2D eigenvalue weighted by molar-refractivity contribution is -0.127. The Morgan fingerprint density at radius 2 is 2.13 bits per heavy atom. The van der Waals surface area contributed by atoms with Crippen molar-refractivity contribution in [2.45, 2.75) is 38.8 Å². The van der Waals surface area contributed by atoms with Crippen molar-refractivity contribution in [2.75, 3.05) is 13.2 Å². The minimum Gasteiger partial charge on any atom is -0.488 e. The van der Waals surface area contributed by atoms with E-state index < -0.39 is 23.9 Å². The van der Waals surface area contributed by atoms with Crippen LogP contribution in [0.4, 0.5) is 0 Å². The Morgan fingerprint density at radius 1 is 1.37 bits per heavy atom. The summed E-state index contributed by atoms with van der Waals surface area (Å²) in [6, 6.07) is 4.73. The molecule has 9 heteroatoms. The van der Waals surface area contributed by atoms with E-state index in [0.717, 1.165) is 5.01 Å². The van der Waals surface area contributed by atoms with Crippen LogP contribution in [0.1, 0.15) is 41.6 Å². The third kappa shape index (κ3) is 3.90. The van der Waals surface area contributed by atoms with Gasteiger partial charge in [0.15, 0.2) is 0 Å². The second-order valence-electron chi connectivity index (χ2n) is 7.15. The van der Waals surface area contributed by atoms with E-state index in [4.69, 9.17) is 22.4 Å². The third-order valence-electron chi connectivity index (χ3n) is 5.12. The van der Waals surface area contributed by atoms with E-state index in [-0.39, 0.29) is 24.2 Å². The summed E-state index contributed by atoms with van der Waals surface area (Å²) in [6.45, 7) is 1.97. The number of aromatic nitrogens is 1. The van der Waals surface area contributed by atoms with Crippen LogP contribution < -0.4 is 15.8 Å². The molecule has 0 aliphatic carbocycles. The topological polar surface area (TPSA) is 117 Å². The molecule has 2 amide bonds. The molecule has 0 spiro atoms. The molecular weight excluding hydrogens is 406 g/mol. The Bertz CT molecular complexity index is 1180. The van der Waals surface area contributed by atoms with Gasteiger partial charge in [-0.3, -0.25) is 9.59 Å². The number of primary amides is 1. The van der Waals surface area contributed by atoms with Crippen molar-refractivity contribution in [1.29, 1.82) is 0 Å². The molecule has 3 heterocycles. The van der Waals surface area contributed by atoms with Gasteiger partial charge in [-0.2, -0.15) is 0 Å². The van der Waals surface area contributed by atoms with Gasteiger partial charge in [0.05, 0.1) is 18.2 Å². The molecule has 3 aromatic rings. The highest BCUT2D eigenvalue weighted by molar-refractivity contribution is 7.11. The van der Waals surface area contributed by atoms with E-state index in [2.05, 4.69) is 10.3 Å². The number of nitrogens with two attached hydrogens (primary N) is 1. The van der Waals surface area contributed by atoms with Gasteiger partial charge in [0.25, 0.3) is 5.91 Å². The lowest BCUT2D eigenvalue weighted by Gasteiger charge is -2.34. The standard InChI is InChI=1S/C21H23N3O5S/c1-12-18(19(25)24-21(20(22)26)5-7-27-8-6-21)16-9-14(3-4-17(16)29-12)28-11-15-10-23-13(2)30-15/h3-4,9-10H,5-8,11H2,1-2H3,(H2,22,26)(H,24,25)/i11D2. The van der Waals surface area contributed by atoms with Gasteiger partial charge < -0.3 is 24.9 Å². The van der Waals surface area contributed by atoms with Gasteiger partial charge in [-0.05, 0) is 32.0 Å². The summed E-state index contributed by atoms with van der Waals surface area (Å²) in [5.41, 5.74) is 5.09. The van der Waals surface area contributed by atoms with Gasteiger partial charge in [0, 0.05) is 37.6 Å². The summed E-state index contributed by atoms with van der Waals surface area (Å²) >= 11 is 1.20. The van der Waals surface area contributed by atoms with Crippen LogP contribution in [0.5, 0.6) is 5.75 Å². The van der Waals surface area contributed by atoms with Gasteiger partial charge in [0.2, 0.25) is 5.91 Å². The maximum Gasteiger partial charge on any atom is 0.256 e. The Balaban J connectivity index is 1.66. The number of hydrogen-bond acceptors (Lipinski definition) is 7. The van der Waals surface area contributed by atoms with Gasteiger partial charge in [-0.1, -0.05) is 0 Å². The molecule has 0 saturated carbocycles. The third-order valence-corrected chi connectivity index (χ3v) is 5.93. The average molecular weight is 432 g/mol. The number of aryl methyl sites for hydroxylation is 2. The first-order chi connectivity index (χ1) is 15.1. The van der Waals surface area contributed by atoms with Crippen molar-refractivity contribution in [3.63, 3.8) is 0 Å². The lowest BCUT2D eigenvalue weighted by atomic mass is 9.88. The van der Waals surface area contributed by atoms with Crippen LogP contribution in [0.2, 0.25) is 0 Å². The molecule has 2 aromatic heterocycles. The number of fused-ring (bicyclic) bond motifs is 1. The molecule has 1 aliphatic heterocycles. The first-order valence-electron chi connectivity index (χ1n) is 10.5. The highest BCUT2D eigenvalue weighted by atomic mass is 32.1. The van der Waals surface area contributed by atoms with E-state index >= 15 is 0 Å². The summed E-state index contributed by atoms with van der Waals surface area (Å²) in [6.07, 6.45) is 2.01. The van der Waals surface area contributed by atoms with Crippen molar-refractivity contribution in [3.8, 4) is 5.75 Å². The highest BCUT2D eigenvalue weighted by Gasteiger charge is 2.40. The zero-order valence-corrected chi connectivity index (χ0v) is 17.4. The van der Waals surface area contributed by atoms with E-state index in [1.807, 2.05) is 0 Å². The SMILES string of the molecule is [2H]C([2H])(Oc1ccc2oc(C)c(C(=O)NC3(C(N)=O)CCOCC3)c2c1)c1cnc(C)s1. The summed E-state index contributed by atoms with van der Waals surface area (Å²) in [4.78, 5) is 29.7. The molecule has 30 heavy (non-hydrogen) atoms. The number of rotatable bonds is 6. The van der Waals surface area contributed by atoms with Crippen LogP contribution in [-0.2, 0) is 16.1 Å². The molecule has 158 valence electrons. The van der Waals surface area contributed by atoms with Gasteiger partial charge in [0.1, 0.15) is 29.2 Å². The quantitative estimate of drug-likeness (QED) is 0.620. The molecule has 0 radical (unpaired) electrons. The largest absolute Gasteiger partial charge is 0.488 e. The van der Waals surface area contributed by atoms with Crippen molar-refractivity contribution in [3.05, 3.63) is 45.6 Å². The van der Waals surface area contributed by atoms with Gasteiger partial charge in [-0.25, -0.2) is 4.98 Å². The van der Waals surface area contributed by atoms with E-state index in [1.54, 1.807) is 32.0 Å². The Hall–Kier alpha value is -2.91. The van der Waals surface area contributed by atoms with Crippen LogP contribution >= 0.6 is 11.3 Å². The molecule has 1 aliphatic rings. The number of hydrogen-bond donors (Lipinski definition) is 2. The number of carbonyl (C=O) groups is 2. The minimum absolute atomic E-state index is 0.221. The van der Waals surface area contributed by atoms with E-state index in [0.29, 0.717) is 34.8 Å². The maximum absolute atomic E-state index is 13.2. The molecule has 0 bridgehead atoms. The molecule has 8 nitrogen and oxygen atoms in total. The number of thiazole rings is 1. The molecule has 1 saturated heterocycles. The Labute approximate surface area is 180 Å². The zero-order valence-electron chi connectivity index (χ0n) is 18.6. The predicted molar refractivity (Wildman–Crippen MR) is 112 cm³/mol. The Morgan fingerprint density at radius 3 is 2.80 bits per heavy atom. The van der Waals surface area contributed by atoms with E-state index in [1.165, 1.54) is 17.5 Å². The van der Waals surface area contributed by atoms with Crippen LogP contribution in [0, 0.1) is 13.8 Å². The van der Waals surface area contributed by atoms with Crippen LogP contribution in [0.3, 0.4) is 0 Å². The molecule has 0 unspecified atom stereocenters. The molecule has 3 N–H and O–H groups in total. The fourth-order valence-electron chi connectivity index (χ4n) is 3.50. The van der Waals surface area contributed by atoms with Gasteiger partial charge in [-0.15, -0.1) is 11.3 Å².